The maximum atomic E-state index is 11.9. The maximum absolute atomic E-state index is 11.9. The fourth-order valence-corrected chi connectivity index (χ4v) is 3.60. The number of carbonyl (C=O) groups excluding carboxylic acids is 1. The van der Waals surface area contributed by atoms with Crippen LogP contribution in [0.5, 0.6) is 0 Å². The third-order valence-corrected chi connectivity index (χ3v) is 5.00. The van der Waals surface area contributed by atoms with Gasteiger partial charge in [0.1, 0.15) is 5.76 Å². The summed E-state index contributed by atoms with van der Waals surface area (Å²) in [5.41, 5.74) is 9.28. The minimum absolute atomic E-state index is 0.403. The number of fused-ring (bicyclic) bond motifs is 3. The van der Waals surface area contributed by atoms with E-state index in [0.717, 1.165) is 39.7 Å². The number of carbonyl (C=O) groups is 1. The maximum Gasteiger partial charge on any atom is 0.249 e. The first-order valence-corrected chi connectivity index (χ1v) is 8.52. The van der Waals surface area contributed by atoms with Gasteiger partial charge in [0, 0.05) is 34.0 Å². The van der Waals surface area contributed by atoms with Gasteiger partial charge in [0.25, 0.3) is 0 Å². The van der Waals surface area contributed by atoms with Crippen molar-refractivity contribution in [2.24, 2.45) is 11.7 Å². The van der Waals surface area contributed by atoms with Gasteiger partial charge in [-0.3, -0.25) is 4.79 Å². The van der Waals surface area contributed by atoms with Crippen LogP contribution in [0.15, 0.2) is 53.1 Å². The van der Waals surface area contributed by atoms with Gasteiger partial charge in [-0.1, -0.05) is 6.07 Å². The lowest BCUT2D eigenvalue weighted by Crippen LogP contribution is -2.11. The Morgan fingerprint density at radius 2 is 2.12 bits per heavy atom. The number of primary amides is 1. The largest absolute Gasteiger partial charge is 0.464 e. The lowest BCUT2D eigenvalue weighted by molar-refractivity contribution is 0.100. The number of amides is 1. The Bertz CT molecular complexity index is 1100. The molecule has 0 unspecified atom stereocenters. The Hall–Kier alpha value is -3.01. The number of aromatic nitrogens is 1. The van der Waals surface area contributed by atoms with E-state index < -0.39 is 5.91 Å². The second-order valence-corrected chi connectivity index (χ2v) is 6.74. The van der Waals surface area contributed by atoms with E-state index in [1.807, 2.05) is 24.3 Å². The Kier molecular flexibility index (Phi) is 3.01. The lowest BCUT2D eigenvalue weighted by Gasteiger charge is -2.07. The molecule has 0 spiro atoms. The SMILES string of the molecule is NC(=O)c1cccc2c1c1[c]cc(-c3ccco3)cc1n2CC1CC1. The van der Waals surface area contributed by atoms with Gasteiger partial charge in [0.05, 0.1) is 11.8 Å². The van der Waals surface area contributed by atoms with Crippen molar-refractivity contribution in [1.82, 2.24) is 4.57 Å². The summed E-state index contributed by atoms with van der Waals surface area (Å²) in [7, 11) is 0. The molecule has 2 N–H and O–H groups in total. The van der Waals surface area contributed by atoms with Crippen LogP contribution in [0.4, 0.5) is 0 Å². The Balaban J connectivity index is 1.85. The number of nitrogens with zero attached hydrogens (tertiary/aromatic N) is 1. The molecule has 5 rings (SSSR count). The minimum Gasteiger partial charge on any atom is -0.464 e. The molecule has 1 aliphatic rings. The topological polar surface area (TPSA) is 61.2 Å². The van der Waals surface area contributed by atoms with Gasteiger partial charge in [0.2, 0.25) is 5.91 Å². The fraction of sp³-hybridized carbons (Fsp3) is 0.190. The molecule has 1 aliphatic carbocycles. The van der Waals surface area contributed by atoms with Crippen LogP contribution in [0.25, 0.3) is 33.1 Å². The molecular weight excluding hydrogens is 312 g/mol. The van der Waals surface area contributed by atoms with Crippen LogP contribution in [0, 0.1) is 12.0 Å². The molecule has 0 aliphatic heterocycles. The van der Waals surface area contributed by atoms with Crippen molar-refractivity contribution in [1.29, 1.82) is 0 Å². The number of furan rings is 1. The highest BCUT2D eigenvalue weighted by Gasteiger charge is 2.25. The van der Waals surface area contributed by atoms with E-state index in [1.54, 1.807) is 12.3 Å². The second kappa shape index (κ2) is 5.24. The molecule has 1 amide bonds. The van der Waals surface area contributed by atoms with E-state index in [1.165, 1.54) is 12.8 Å². The van der Waals surface area contributed by atoms with Gasteiger partial charge < -0.3 is 14.7 Å². The Labute approximate surface area is 144 Å². The first-order chi connectivity index (χ1) is 12.2. The van der Waals surface area contributed by atoms with Crippen LogP contribution in [0.2, 0.25) is 0 Å². The van der Waals surface area contributed by atoms with E-state index in [0.29, 0.717) is 11.5 Å². The summed E-state index contributed by atoms with van der Waals surface area (Å²) in [5, 5.41) is 1.84. The fourth-order valence-electron chi connectivity index (χ4n) is 3.60. The summed E-state index contributed by atoms with van der Waals surface area (Å²) in [6, 6.07) is 17.0. The highest BCUT2D eigenvalue weighted by atomic mass is 16.3. The Morgan fingerprint density at radius 3 is 2.84 bits per heavy atom. The number of hydrogen-bond acceptors (Lipinski definition) is 2. The van der Waals surface area contributed by atoms with Crippen LogP contribution in [0.3, 0.4) is 0 Å². The average Bonchev–Trinajstić information content (AvgIpc) is 3.16. The van der Waals surface area contributed by atoms with E-state index in [9.17, 15) is 4.79 Å². The molecule has 4 aromatic rings. The second-order valence-electron chi connectivity index (χ2n) is 6.74. The summed E-state index contributed by atoms with van der Waals surface area (Å²) in [6.45, 7) is 0.956. The van der Waals surface area contributed by atoms with E-state index in [2.05, 4.69) is 22.8 Å². The molecule has 123 valence electrons. The summed E-state index contributed by atoms with van der Waals surface area (Å²) in [5.74, 6) is 1.12. The molecule has 4 heteroatoms. The highest BCUT2D eigenvalue weighted by Crippen LogP contribution is 2.38. The van der Waals surface area contributed by atoms with Crippen molar-refractivity contribution < 1.29 is 9.21 Å². The molecule has 1 saturated carbocycles. The van der Waals surface area contributed by atoms with E-state index >= 15 is 0 Å². The molecule has 1 radical (unpaired) electrons. The predicted molar refractivity (Wildman–Crippen MR) is 97.2 cm³/mol. The molecule has 25 heavy (non-hydrogen) atoms. The lowest BCUT2D eigenvalue weighted by atomic mass is 10.0. The number of nitrogens with two attached hydrogens (primary N) is 1. The molecule has 2 aromatic carbocycles. The molecule has 0 bridgehead atoms. The van der Waals surface area contributed by atoms with E-state index in [4.69, 9.17) is 10.2 Å². The van der Waals surface area contributed by atoms with Crippen LogP contribution >= 0.6 is 0 Å². The van der Waals surface area contributed by atoms with Crippen LogP contribution in [-0.4, -0.2) is 10.5 Å². The summed E-state index contributed by atoms with van der Waals surface area (Å²) < 4.78 is 7.84. The van der Waals surface area contributed by atoms with Crippen molar-refractivity contribution in [2.45, 2.75) is 19.4 Å². The van der Waals surface area contributed by atoms with Crippen LogP contribution in [0.1, 0.15) is 23.2 Å². The Morgan fingerprint density at radius 1 is 1.24 bits per heavy atom. The normalized spacial score (nSPS) is 14.4. The zero-order chi connectivity index (χ0) is 17.0. The van der Waals surface area contributed by atoms with Crippen molar-refractivity contribution in [3.8, 4) is 11.3 Å². The number of rotatable bonds is 4. The van der Waals surface area contributed by atoms with Gasteiger partial charge in [-0.25, -0.2) is 0 Å². The van der Waals surface area contributed by atoms with Crippen molar-refractivity contribution in [3.63, 3.8) is 0 Å². The van der Waals surface area contributed by atoms with Crippen LogP contribution in [-0.2, 0) is 6.54 Å². The first kappa shape index (κ1) is 14.3. The van der Waals surface area contributed by atoms with Gasteiger partial charge in [0.15, 0.2) is 0 Å². The highest BCUT2D eigenvalue weighted by molar-refractivity contribution is 6.18. The van der Waals surface area contributed by atoms with Gasteiger partial charge >= 0.3 is 0 Å². The first-order valence-electron chi connectivity index (χ1n) is 8.52. The molecule has 0 saturated heterocycles. The molecule has 2 aromatic heterocycles. The van der Waals surface area contributed by atoms with Crippen molar-refractivity contribution >= 4 is 27.7 Å². The van der Waals surface area contributed by atoms with Gasteiger partial charge in [-0.2, -0.15) is 0 Å². The smallest absolute Gasteiger partial charge is 0.249 e. The summed E-state index contributed by atoms with van der Waals surface area (Å²) in [6.07, 6.45) is 4.20. The summed E-state index contributed by atoms with van der Waals surface area (Å²) >= 11 is 0. The third-order valence-electron chi connectivity index (χ3n) is 5.00. The summed E-state index contributed by atoms with van der Waals surface area (Å²) in [4.78, 5) is 11.9. The standard InChI is InChI=1S/C21H17N2O2/c22-21(24)16-3-1-4-17-20(16)15-9-8-14(19-5-2-10-25-19)11-18(15)23(17)12-13-6-7-13/h1-5,8,10-11,13H,6-7,12H2,(H2,22,24). The van der Waals surface area contributed by atoms with E-state index in [-0.39, 0.29) is 0 Å². The van der Waals surface area contributed by atoms with Crippen LogP contribution < -0.4 is 5.73 Å². The number of hydrogen-bond donors (Lipinski definition) is 1. The zero-order valence-corrected chi connectivity index (χ0v) is 13.7. The van der Waals surface area contributed by atoms with Crippen molar-refractivity contribution in [3.05, 3.63) is 60.4 Å². The average molecular weight is 329 g/mol. The predicted octanol–water partition coefficient (Wildman–Crippen LogP) is 4.36. The zero-order valence-electron chi connectivity index (χ0n) is 13.7. The minimum atomic E-state index is -0.403. The quantitative estimate of drug-likeness (QED) is 0.604. The molecule has 2 heterocycles. The molecule has 1 fully saturated rings. The van der Waals surface area contributed by atoms with Gasteiger partial charge in [-0.15, -0.1) is 0 Å². The third kappa shape index (κ3) is 2.25. The van der Waals surface area contributed by atoms with Gasteiger partial charge in [-0.05, 0) is 61.2 Å². The molecule has 4 nitrogen and oxygen atoms in total. The molecule has 0 atom stereocenters. The monoisotopic (exact) mass is 329 g/mol. The van der Waals surface area contributed by atoms with Crippen molar-refractivity contribution in [2.75, 3.05) is 0 Å². The number of benzene rings is 2. The molecular formula is C21H17N2O2.